The summed E-state index contributed by atoms with van der Waals surface area (Å²) in [5.74, 6) is -0.0725. The van der Waals surface area contributed by atoms with Crippen LogP contribution in [0.5, 0.6) is 0 Å². The zero-order valence-corrected chi connectivity index (χ0v) is 18.5. The summed E-state index contributed by atoms with van der Waals surface area (Å²) < 4.78 is 15.1. The number of benzene rings is 2. The third-order valence-electron chi connectivity index (χ3n) is 5.71. The second-order valence-corrected chi connectivity index (χ2v) is 8.38. The second kappa shape index (κ2) is 9.53. The van der Waals surface area contributed by atoms with Crippen molar-refractivity contribution >= 4 is 23.3 Å². The zero-order valence-electron chi connectivity index (χ0n) is 17.7. The average molecular weight is 455 g/mol. The van der Waals surface area contributed by atoms with Crippen LogP contribution in [0.15, 0.2) is 59.4 Å². The molecule has 1 atom stereocenters. The first-order chi connectivity index (χ1) is 15.4. The highest BCUT2D eigenvalue weighted by Gasteiger charge is 2.27. The van der Waals surface area contributed by atoms with Gasteiger partial charge in [-0.1, -0.05) is 35.9 Å². The number of halogens is 2. The molecule has 8 heteroatoms. The van der Waals surface area contributed by atoms with Crippen LogP contribution in [-0.4, -0.2) is 28.8 Å². The third-order valence-corrected chi connectivity index (χ3v) is 6.12. The number of aryl methyl sites for hydroxylation is 1. The summed E-state index contributed by atoms with van der Waals surface area (Å²) in [6, 6.07) is 14.9. The van der Waals surface area contributed by atoms with Crippen molar-refractivity contribution in [3.63, 3.8) is 0 Å². The molecule has 0 spiro atoms. The van der Waals surface area contributed by atoms with Crippen LogP contribution in [0, 0.1) is 18.7 Å². The number of carbonyl (C=O) groups is 1. The molecular weight excluding hydrogens is 431 g/mol. The predicted octanol–water partition coefficient (Wildman–Crippen LogP) is 3.87. The first-order valence-corrected chi connectivity index (χ1v) is 10.9. The number of hydrogen-bond donors (Lipinski definition) is 1. The fraction of sp³-hybridized carbons (Fsp3) is 0.292. The Morgan fingerprint density at radius 2 is 2.03 bits per heavy atom. The molecule has 1 aliphatic rings. The van der Waals surface area contributed by atoms with Gasteiger partial charge in [-0.2, -0.15) is 4.68 Å². The maximum Gasteiger partial charge on any atom is 0.271 e. The third kappa shape index (κ3) is 4.83. The first kappa shape index (κ1) is 22.0. The standard InChI is InChI=1S/C24H24ClFN4O2/c1-16-8-9-19(13-20(16)25)30-23(31)11-10-22(28-30)29-12-4-6-18(15-29)24(32)27-14-17-5-2-3-7-21(17)26/h2-3,5,7-11,13,18H,4,6,12,14-15H2,1H3,(H,27,32)/t18-/m1/s1. The number of nitrogens with zero attached hydrogens (tertiary/aromatic N) is 3. The number of anilines is 1. The molecule has 0 bridgehead atoms. The van der Waals surface area contributed by atoms with Gasteiger partial charge in [0.05, 0.1) is 11.6 Å². The van der Waals surface area contributed by atoms with E-state index in [-0.39, 0.29) is 29.7 Å². The van der Waals surface area contributed by atoms with Gasteiger partial charge in [-0.05, 0) is 49.6 Å². The Hall–Kier alpha value is -3.19. The lowest BCUT2D eigenvalue weighted by atomic mass is 9.97. The van der Waals surface area contributed by atoms with Crippen LogP contribution in [0.1, 0.15) is 24.0 Å². The summed E-state index contributed by atoms with van der Waals surface area (Å²) >= 11 is 6.22. The second-order valence-electron chi connectivity index (χ2n) is 7.97. The predicted molar refractivity (Wildman–Crippen MR) is 123 cm³/mol. The molecule has 3 aromatic rings. The molecule has 166 valence electrons. The Labute approximate surface area is 190 Å². The molecule has 1 saturated heterocycles. The van der Waals surface area contributed by atoms with Gasteiger partial charge in [-0.15, -0.1) is 5.10 Å². The Bertz CT molecular complexity index is 1200. The molecule has 32 heavy (non-hydrogen) atoms. The van der Waals surface area contributed by atoms with Gasteiger partial charge in [0.25, 0.3) is 5.56 Å². The SMILES string of the molecule is Cc1ccc(-n2nc(N3CCC[C@@H](C(=O)NCc4ccccc4F)C3)ccc2=O)cc1Cl. The van der Waals surface area contributed by atoms with Crippen molar-refractivity contribution in [3.05, 3.63) is 86.9 Å². The minimum Gasteiger partial charge on any atom is -0.354 e. The maximum absolute atomic E-state index is 13.8. The summed E-state index contributed by atoms with van der Waals surface area (Å²) in [5, 5.41) is 7.93. The fourth-order valence-corrected chi connectivity index (χ4v) is 4.01. The smallest absolute Gasteiger partial charge is 0.271 e. The molecule has 1 fully saturated rings. The Kier molecular flexibility index (Phi) is 6.55. The van der Waals surface area contributed by atoms with Crippen molar-refractivity contribution in [2.75, 3.05) is 18.0 Å². The minimum atomic E-state index is -0.333. The molecule has 1 amide bonds. The number of hydrogen-bond acceptors (Lipinski definition) is 4. The van der Waals surface area contributed by atoms with Crippen molar-refractivity contribution in [2.45, 2.75) is 26.3 Å². The van der Waals surface area contributed by atoms with E-state index in [0.29, 0.717) is 28.6 Å². The van der Waals surface area contributed by atoms with Gasteiger partial charge in [-0.25, -0.2) is 4.39 Å². The largest absolute Gasteiger partial charge is 0.354 e. The van der Waals surface area contributed by atoms with Crippen molar-refractivity contribution in [1.29, 1.82) is 0 Å². The van der Waals surface area contributed by atoms with E-state index in [1.165, 1.54) is 16.8 Å². The number of aromatic nitrogens is 2. The molecule has 0 radical (unpaired) electrons. The van der Waals surface area contributed by atoms with E-state index >= 15 is 0 Å². The van der Waals surface area contributed by atoms with Crippen LogP contribution >= 0.6 is 11.6 Å². The molecule has 2 aromatic carbocycles. The molecule has 1 aromatic heterocycles. The number of amides is 1. The van der Waals surface area contributed by atoms with Crippen LogP contribution in [0.25, 0.3) is 5.69 Å². The summed E-state index contributed by atoms with van der Waals surface area (Å²) in [4.78, 5) is 27.1. The summed E-state index contributed by atoms with van der Waals surface area (Å²) in [6.45, 7) is 3.25. The van der Waals surface area contributed by atoms with Gasteiger partial charge in [0, 0.05) is 36.3 Å². The maximum atomic E-state index is 13.8. The number of piperidine rings is 1. The van der Waals surface area contributed by atoms with E-state index in [2.05, 4.69) is 10.4 Å². The van der Waals surface area contributed by atoms with Crippen LogP contribution < -0.4 is 15.8 Å². The number of rotatable bonds is 5. The number of nitrogens with one attached hydrogen (secondary N) is 1. The monoisotopic (exact) mass is 454 g/mol. The Morgan fingerprint density at radius 3 is 2.81 bits per heavy atom. The topological polar surface area (TPSA) is 67.2 Å². The Balaban J connectivity index is 1.48. The lowest BCUT2D eigenvalue weighted by Crippen LogP contribution is -2.43. The van der Waals surface area contributed by atoms with Gasteiger partial charge in [0.1, 0.15) is 11.6 Å². The highest BCUT2D eigenvalue weighted by Crippen LogP contribution is 2.23. The molecule has 4 rings (SSSR count). The summed E-state index contributed by atoms with van der Waals surface area (Å²) in [6.07, 6.45) is 1.56. The summed E-state index contributed by atoms with van der Waals surface area (Å²) in [7, 11) is 0. The van der Waals surface area contributed by atoms with E-state index in [1.807, 2.05) is 17.9 Å². The molecule has 0 aliphatic carbocycles. The van der Waals surface area contributed by atoms with Gasteiger partial charge in [0.2, 0.25) is 5.91 Å². The molecule has 1 N–H and O–H groups in total. The average Bonchev–Trinajstić information content (AvgIpc) is 2.80. The summed E-state index contributed by atoms with van der Waals surface area (Å²) in [5.41, 5.74) is 1.70. The lowest BCUT2D eigenvalue weighted by molar-refractivity contribution is -0.125. The van der Waals surface area contributed by atoms with E-state index in [0.717, 1.165) is 24.9 Å². The molecule has 1 aliphatic heterocycles. The fourth-order valence-electron chi connectivity index (χ4n) is 3.84. The van der Waals surface area contributed by atoms with Crippen LogP contribution in [0.4, 0.5) is 10.2 Å². The van der Waals surface area contributed by atoms with E-state index in [1.54, 1.807) is 36.4 Å². The van der Waals surface area contributed by atoms with Gasteiger partial charge >= 0.3 is 0 Å². The van der Waals surface area contributed by atoms with Crippen molar-refractivity contribution < 1.29 is 9.18 Å². The van der Waals surface area contributed by atoms with Gasteiger partial charge in [0.15, 0.2) is 0 Å². The van der Waals surface area contributed by atoms with Crippen LogP contribution in [-0.2, 0) is 11.3 Å². The molecular formula is C24H24ClFN4O2. The zero-order chi connectivity index (χ0) is 22.7. The Morgan fingerprint density at radius 1 is 1.22 bits per heavy atom. The normalized spacial score (nSPS) is 16.1. The van der Waals surface area contributed by atoms with Crippen molar-refractivity contribution in [2.24, 2.45) is 5.92 Å². The van der Waals surface area contributed by atoms with Crippen molar-refractivity contribution in [1.82, 2.24) is 15.1 Å². The molecule has 0 saturated carbocycles. The first-order valence-electron chi connectivity index (χ1n) is 10.6. The van der Waals surface area contributed by atoms with Crippen LogP contribution in [0.3, 0.4) is 0 Å². The highest BCUT2D eigenvalue weighted by molar-refractivity contribution is 6.31. The number of carbonyl (C=O) groups excluding carboxylic acids is 1. The quantitative estimate of drug-likeness (QED) is 0.635. The molecule has 0 unspecified atom stereocenters. The van der Waals surface area contributed by atoms with Crippen LogP contribution in [0.2, 0.25) is 5.02 Å². The lowest BCUT2D eigenvalue weighted by Gasteiger charge is -2.33. The van der Waals surface area contributed by atoms with E-state index < -0.39 is 0 Å². The molecule has 6 nitrogen and oxygen atoms in total. The van der Waals surface area contributed by atoms with Crippen molar-refractivity contribution in [3.8, 4) is 5.69 Å². The van der Waals surface area contributed by atoms with E-state index in [4.69, 9.17) is 11.6 Å². The van der Waals surface area contributed by atoms with E-state index in [9.17, 15) is 14.0 Å². The highest BCUT2D eigenvalue weighted by atomic mass is 35.5. The van der Waals surface area contributed by atoms with Gasteiger partial charge < -0.3 is 10.2 Å². The van der Waals surface area contributed by atoms with Gasteiger partial charge in [-0.3, -0.25) is 9.59 Å². The minimum absolute atomic E-state index is 0.114. The molecule has 2 heterocycles.